The molecule has 28 heavy (non-hydrogen) atoms. The van der Waals surface area contributed by atoms with E-state index in [2.05, 4.69) is 38.3 Å². The SMILES string of the molecule is O=C(c1ccc2c(c1)CCCN2)N1CC(N2CCN(c3ccccn3)CC2)C1. The van der Waals surface area contributed by atoms with Crippen molar-refractivity contribution in [2.75, 3.05) is 56.0 Å². The van der Waals surface area contributed by atoms with Crippen molar-refractivity contribution in [1.82, 2.24) is 14.8 Å². The Bertz CT molecular complexity index is 841. The third kappa shape index (κ3) is 3.33. The molecular formula is C22H27N5O. The van der Waals surface area contributed by atoms with Crippen molar-refractivity contribution in [3.63, 3.8) is 0 Å². The molecule has 146 valence electrons. The quantitative estimate of drug-likeness (QED) is 0.888. The summed E-state index contributed by atoms with van der Waals surface area (Å²) in [5, 5.41) is 3.41. The Balaban J connectivity index is 1.14. The number of anilines is 2. The fourth-order valence-corrected chi connectivity index (χ4v) is 4.50. The van der Waals surface area contributed by atoms with E-state index in [0.29, 0.717) is 6.04 Å². The monoisotopic (exact) mass is 377 g/mol. The van der Waals surface area contributed by atoms with Crippen LogP contribution in [-0.2, 0) is 6.42 Å². The highest BCUT2D eigenvalue weighted by Gasteiger charge is 2.36. The van der Waals surface area contributed by atoms with E-state index in [4.69, 9.17) is 0 Å². The molecule has 0 bridgehead atoms. The number of benzene rings is 1. The summed E-state index contributed by atoms with van der Waals surface area (Å²) in [7, 11) is 0. The molecule has 4 heterocycles. The van der Waals surface area contributed by atoms with Crippen LogP contribution in [0.25, 0.3) is 0 Å². The van der Waals surface area contributed by atoms with Crippen LogP contribution in [0.3, 0.4) is 0 Å². The maximum Gasteiger partial charge on any atom is 0.253 e. The second-order valence-electron chi connectivity index (χ2n) is 7.98. The van der Waals surface area contributed by atoms with Crippen LogP contribution < -0.4 is 10.2 Å². The second-order valence-corrected chi connectivity index (χ2v) is 7.98. The Hall–Kier alpha value is -2.60. The third-order valence-corrected chi connectivity index (χ3v) is 6.24. The molecule has 0 saturated carbocycles. The Morgan fingerprint density at radius 2 is 1.93 bits per heavy atom. The number of hydrogen-bond acceptors (Lipinski definition) is 5. The van der Waals surface area contributed by atoms with Gasteiger partial charge in [-0.25, -0.2) is 4.98 Å². The lowest BCUT2D eigenvalue weighted by Gasteiger charge is -2.48. The molecule has 5 rings (SSSR count). The van der Waals surface area contributed by atoms with Crippen LogP contribution in [-0.4, -0.2) is 72.5 Å². The van der Waals surface area contributed by atoms with E-state index in [1.807, 2.05) is 29.3 Å². The summed E-state index contributed by atoms with van der Waals surface area (Å²) < 4.78 is 0. The molecule has 1 N–H and O–H groups in total. The first kappa shape index (κ1) is 17.5. The summed E-state index contributed by atoms with van der Waals surface area (Å²) in [6, 6.07) is 12.7. The largest absolute Gasteiger partial charge is 0.385 e. The number of carbonyl (C=O) groups is 1. The van der Waals surface area contributed by atoms with Gasteiger partial charge in [0.15, 0.2) is 0 Å². The first-order valence-electron chi connectivity index (χ1n) is 10.3. The number of carbonyl (C=O) groups excluding carboxylic acids is 1. The molecular weight excluding hydrogens is 350 g/mol. The number of aryl methyl sites for hydroxylation is 1. The Kier molecular flexibility index (Phi) is 4.64. The first-order valence-corrected chi connectivity index (χ1v) is 10.3. The zero-order chi connectivity index (χ0) is 18.9. The number of nitrogens with zero attached hydrogens (tertiary/aromatic N) is 4. The highest BCUT2D eigenvalue weighted by Crippen LogP contribution is 2.26. The first-order chi connectivity index (χ1) is 13.8. The zero-order valence-corrected chi connectivity index (χ0v) is 16.2. The van der Waals surface area contributed by atoms with Crippen molar-refractivity contribution in [2.45, 2.75) is 18.9 Å². The van der Waals surface area contributed by atoms with Crippen LogP contribution in [0.15, 0.2) is 42.6 Å². The van der Waals surface area contributed by atoms with Gasteiger partial charge in [-0.05, 0) is 48.7 Å². The summed E-state index contributed by atoms with van der Waals surface area (Å²) in [6.45, 7) is 6.79. The summed E-state index contributed by atoms with van der Waals surface area (Å²) in [4.78, 5) is 24.2. The molecule has 2 fully saturated rings. The molecule has 0 atom stereocenters. The standard InChI is InChI=1S/C22H27N5O/c28-22(18-6-7-20-17(14-18)4-3-9-23-20)27-15-19(16-27)25-10-12-26(13-11-25)21-5-1-2-8-24-21/h1-2,5-8,14,19,23H,3-4,9-13,15-16H2. The smallest absolute Gasteiger partial charge is 0.253 e. The van der Waals surface area contributed by atoms with E-state index < -0.39 is 0 Å². The third-order valence-electron chi connectivity index (χ3n) is 6.24. The number of aromatic nitrogens is 1. The molecule has 0 radical (unpaired) electrons. The maximum absolute atomic E-state index is 12.8. The van der Waals surface area contributed by atoms with Crippen molar-refractivity contribution in [3.8, 4) is 0 Å². The van der Waals surface area contributed by atoms with Crippen LogP contribution in [0.2, 0.25) is 0 Å². The molecule has 0 unspecified atom stereocenters. The zero-order valence-electron chi connectivity index (χ0n) is 16.2. The van der Waals surface area contributed by atoms with Crippen molar-refractivity contribution in [1.29, 1.82) is 0 Å². The molecule has 6 nitrogen and oxygen atoms in total. The van der Waals surface area contributed by atoms with Crippen LogP contribution in [0.5, 0.6) is 0 Å². The number of rotatable bonds is 3. The van der Waals surface area contributed by atoms with E-state index in [9.17, 15) is 4.79 Å². The van der Waals surface area contributed by atoms with Gasteiger partial charge in [-0.15, -0.1) is 0 Å². The van der Waals surface area contributed by atoms with Gasteiger partial charge in [0.2, 0.25) is 0 Å². The number of piperazine rings is 1. The van der Waals surface area contributed by atoms with Gasteiger partial charge in [-0.2, -0.15) is 0 Å². The predicted molar refractivity (Wildman–Crippen MR) is 111 cm³/mol. The van der Waals surface area contributed by atoms with Gasteiger partial charge in [0.05, 0.1) is 0 Å². The molecule has 3 aliphatic rings. The average molecular weight is 377 g/mol. The summed E-state index contributed by atoms with van der Waals surface area (Å²) >= 11 is 0. The van der Waals surface area contributed by atoms with Crippen LogP contribution in [0.4, 0.5) is 11.5 Å². The van der Waals surface area contributed by atoms with Gasteiger partial charge in [-0.3, -0.25) is 9.69 Å². The molecule has 0 spiro atoms. The lowest BCUT2D eigenvalue weighted by atomic mass is 9.98. The van der Waals surface area contributed by atoms with E-state index in [1.165, 1.54) is 11.3 Å². The molecule has 2 aromatic rings. The van der Waals surface area contributed by atoms with Crippen molar-refractivity contribution >= 4 is 17.4 Å². The highest BCUT2D eigenvalue weighted by atomic mass is 16.2. The number of nitrogens with one attached hydrogen (secondary N) is 1. The van der Waals surface area contributed by atoms with Crippen LogP contribution in [0.1, 0.15) is 22.3 Å². The van der Waals surface area contributed by atoms with E-state index in [0.717, 1.165) is 70.0 Å². The Morgan fingerprint density at radius 1 is 1.07 bits per heavy atom. The lowest BCUT2D eigenvalue weighted by molar-refractivity contribution is 0.0246. The van der Waals surface area contributed by atoms with Crippen molar-refractivity contribution in [3.05, 3.63) is 53.7 Å². The molecule has 1 aromatic heterocycles. The minimum absolute atomic E-state index is 0.178. The summed E-state index contributed by atoms with van der Waals surface area (Å²) in [5.74, 6) is 1.24. The number of amides is 1. The fraction of sp³-hybridized carbons (Fsp3) is 0.455. The highest BCUT2D eigenvalue weighted by molar-refractivity contribution is 5.95. The van der Waals surface area contributed by atoms with E-state index in [-0.39, 0.29) is 5.91 Å². The van der Waals surface area contributed by atoms with Crippen LogP contribution in [0, 0.1) is 0 Å². The van der Waals surface area contributed by atoms with Crippen LogP contribution >= 0.6 is 0 Å². The predicted octanol–water partition coefficient (Wildman–Crippen LogP) is 2.09. The van der Waals surface area contributed by atoms with E-state index in [1.54, 1.807) is 0 Å². The van der Waals surface area contributed by atoms with Gasteiger partial charge in [0.25, 0.3) is 5.91 Å². The minimum Gasteiger partial charge on any atom is -0.385 e. The summed E-state index contributed by atoms with van der Waals surface area (Å²) in [6.07, 6.45) is 4.06. The number of pyridine rings is 1. The van der Waals surface area contributed by atoms with Crippen molar-refractivity contribution < 1.29 is 4.79 Å². The normalized spacial score (nSPS) is 20.3. The number of fused-ring (bicyclic) bond motifs is 1. The summed E-state index contributed by atoms with van der Waals surface area (Å²) in [5.41, 5.74) is 3.30. The van der Waals surface area contributed by atoms with Gasteiger partial charge in [0, 0.05) is 69.3 Å². The van der Waals surface area contributed by atoms with Gasteiger partial charge < -0.3 is 15.1 Å². The van der Waals surface area contributed by atoms with Gasteiger partial charge in [0.1, 0.15) is 5.82 Å². The number of likely N-dealkylation sites (tertiary alicyclic amines) is 1. The Morgan fingerprint density at radius 3 is 2.71 bits per heavy atom. The van der Waals surface area contributed by atoms with Crippen molar-refractivity contribution in [2.24, 2.45) is 0 Å². The number of hydrogen-bond donors (Lipinski definition) is 1. The fourth-order valence-electron chi connectivity index (χ4n) is 4.50. The van der Waals surface area contributed by atoms with Gasteiger partial charge >= 0.3 is 0 Å². The average Bonchev–Trinajstić information content (AvgIpc) is 2.73. The lowest BCUT2D eigenvalue weighted by Crippen LogP contribution is -2.64. The van der Waals surface area contributed by atoms with Gasteiger partial charge in [-0.1, -0.05) is 6.07 Å². The Labute approximate surface area is 166 Å². The second kappa shape index (κ2) is 7.43. The maximum atomic E-state index is 12.8. The van der Waals surface area contributed by atoms with E-state index >= 15 is 0 Å². The topological polar surface area (TPSA) is 51.7 Å². The molecule has 6 heteroatoms. The molecule has 1 amide bonds. The molecule has 1 aromatic carbocycles. The molecule has 2 saturated heterocycles. The molecule has 0 aliphatic carbocycles. The minimum atomic E-state index is 0.178. The molecule has 3 aliphatic heterocycles.